The Kier molecular flexibility index (Phi) is 4.68. The molecule has 2 rings (SSSR count). The van der Waals surface area contributed by atoms with Crippen molar-refractivity contribution in [3.05, 3.63) is 48.0 Å². The fraction of sp³-hybridized carbons (Fsp3) is 0.357. The van der Waals surface area contributed by atoms with Crippen LogP contribution < -0.4 is 0 Å². The summed E-state index contributed by atoms with van der Waals surface area (Å²) >= 11 is 0. The first-order valence-corrected chi connectivity index (χ1v) is 5.97. The summed E-state index contributed by atoms with van der Waals surface area (Å²) in [5, 5.41) is 9.77. The molecule has 1 aromatic rings. The number of esters is 1. The van der Waals surface area contributed by atoms with Crippen molar-refractivity contribution in [1.29, 1.82) is 0 Å². The monoisotopic (exact) mass is 264 g/mol. The smallest absolute Gasteiger partial charge is 0.330 e. The maximum absolute atomic E-state index is 11.0. The number of aliphatic hydroxyl groups excluding tert-OH is 1. The van der Waals surface area contributed by atoms with Gasteiger partial charge in [0, 0.05) is 11.6 Å². The second-order valence-electron chi connectivity index (χ2n) is 4.13. The van der Waals surface area contributed by atoms with Crippen LogP contribution in [0.25, 0.3) is 0 Å². The molecule has 0 aromatic heterocycles. The first-order chi connectivity index (χ1) is 9.20. The van der Waals surface area contributed by atoms with Gasteiger partial charge in [-0.3, -0.25) is 0 Å². The Morgan fingerprint density at radius 1 is 1.42 bits per heavy atom. The van der Waals surface area contributed by atoms with E-state index in [-0.39, 0.29) is 6.61 Å². The van der Waals surface area contributed by atoms with Crippen LogP contribution in [0.5, 0.6) is 0 Å². The fourth-order valence-corrected chi connectivity index (χ4v) is 1.75. The Balaban J connectivity index is 2.04. The molecule has 0 radical (unpaired) electrons. The maximum atomic E-state index is 11.0. The van der Waals surface area contributed by atoms with Crippen LogP contribution in [-0.2, 0) is 19.0 Å². The minimum absolute atomic E-state index is 0.149. The summed E-state index contributed by atoms with van der Waals surface area (Å²) in [5.41, 5.74) is 0.867. The first-order valence-electron chi connectivity index (χ1n) is 5.97. The van der Waals surface area contributed by atoms with Crippen molar-refractivity contribution in [2.45, 2.75) is 18.5 Å². The van der Waals surface area contributed by atoms with Crippen molar-refractivity contribution in [1.82, 2.24) is 0 Å². The SMILES string of the molecule is COC(=O)C=C[C@@H]1OC(c2ccccc2)OC[C@H]1O. The van der Waals surface area contributed by atoms with Crippen LogP contribution in [0, 0.1) is 0 Å². The Morgan fingerprint density at radius 3 is 2.84 bits per heavy atom. The van der Waals surface area contributed by atoms with E-state index >= 15 is 0 Å². The third-order valence-electron chi connectivity index (χ3n) is 2.77. The molecule has 1 aliphatic rings. The standard InChI is InChI=1S/C14H16O5/c1-17-13(16)8-7-12-11(15)9-18-14(19-12)10-5-3-2-4-6-10/h2-8,11-12,14-15H,9H2,1H3/t11-,12+,14?/m1/s1. The van der Waals surface area contributed by atoms with Crippen molar-refractivity contribution in [2.24, 2.45) is 0 Å². The molecule has 1 N–H and O–H groups in total. The third-order valence-corrected chi connectivity index (χ3v) is 2.77. The van der Waals surface area contributed by atoms with Gasteiger partial charge in [-0.1, -0.05) is 30.3 Å². The van der Waals surface area contributed by atoms with Gasteiger partial charge in [-0.2, -0.15) is 0 Å². The zero-order valence-corrected chi connectivity index (χ0v) is 10.6. The highest BCUT2D eigenvalue weighted by Gasteiger charge is 2.29. The van der Waals surface area contributed by atoms with Gasteiger partial charge >= 0.3 is 5.97 Å². The zero-order valence-electron chi connectivity index (χ0n) is 10.6. The minimum Gasteiger partial charge on any atom is -0.466 e. The molecular formula is C14H16O5. The number of hydrogen-bond acceptors (Lipinski definition) is 5. The Morgan fingerprint density at radius 2 is 2.16 bits per heavy atom. The summed E-state index contributed by atoms with van der Waals surface area (Å²) in [6, 6.07) is 9.42. The normalized spacial score (nSPS) is 27.4. The van der Waals surface area contributed by atoms with Gasteiger partial charge in [0.1, 0.15) is 12.2 Å². The van der Waals surface area contributed by atoms with Crippen molar-refractivity contribution in [3.8, 4) is 0 Å². The van der Waals surface area contributed by atoms with Crippen LogP contribution in [0.15, 0.2) is 42.5 Å². The molecule has 5 heteroatoms. The van der Waals surface area contributed by atoms with Gasteiger partial charge in [-0.25, -0.2) is 4.79 Å². The van der Waals surface area contributed by atoms with Crippen LogP contribution in [-0.4, -0.2) is 37.0 Å². The second kappa shape index (κ2) is 6.47. The summed E-state index contributed by atoms with van der Waals surface area (Å²) in [5.74, 6) is -0.487. The van der Waals surface area contributed by atoms with Crippen molar-refractivity contribution >= 4 is 5.97 Å². The molecule has 1 saturated heterocycles. The lowest BCUT2D eigenvalue weighted by molar-refractivity contribution is -0.243. The number of methoxy groups -OCH3 is 1. The highest BCUT2D eigenvalue weighted by Crippen LogP contribution is 2.26. The van der Waals surface area contributed by atoms with Gasteiger partial charge < -0.3 is 19.3 Å². The summed E-state index contributed by atoms with van der Waals surface area (Å²) < 4.78 is 15.5. The number of rotatable bonds is 3. The van der Waals surface area contributed by atoms with Crippen LogP contribution in [0.4, 0.5) is 0 Å². The van der Waals surface area contributed by atoms with Crippen LogP contribution in [0.1, 0.15) is 11.9 Å². The third kappa shape index (κ3) is 3.64. The molecule has 1 aliphatic heterocycles. The van der Waals surface area contributed by atoms with E-state index in [4.69, 9.17) is 9.47 Å². The first kappa shape index (κ1) is 13.7. The van der Waals surface area contributed by atoms with Crippen LogP contribution in [0.3, 0.4) is 0 Å². The molecular weight excluding hydrogens is 248 g/mol. The lowest BCUT2D eigenvalue weighted by atomic mass is 10.1. The van der Waals surface area contributed by atoms with Crippen molar-refractivity contribution in [2.75, 3.05) is 13.7 Å². The average Bonchev–Trinajstić information content (AvgIpc) is 2.47. The summed E-state index contributed by atoms with van der Waals surface area (Å²) in [4.78, 5) is 11.0. The molecule has 102 valence electrons. The number of carbonyl (C=O) groups is 1. The molecule has 3 atom stereocenters. The topological polar surface area (TPSA) is 65.0 Å². The zero-order chi connectivity index (χ0) is 13.7. The molecule has 19 heavy (non-hydrogen) atoms. The van der Waals surface area contributed by atoms with E-state index in [0.717, 1.165) is 5.56 Å². The van der Waals surface area contributed by atoms with E-state index in [2.05, 4.69) is 4.74 Å². The van der Waals surface area contributed by atoms with Gasteiger partial charge in [0.2, 0.25) is 0 Å². The summed E-state index contributed by atoms with van der Waals surface area (Å²) in [6.07, 6.45) is 0.770. The highest BCUT2D eigenvalue weighted by molar-refractivity contribution is 5.81. The van der Waals surface area contributed by atoms with Crippen molar-refractivity contribution in [3.63, 3.8) is 0 Å². The number of benzene rings is 1. The molecule has 0 aliphatic carbocycles. The van der Waals surface area contributed by atoms with Gasteiger partial charge in [-0.15, -0.1) is 0 Å². The predicted octanol–water partition coefficient (Wildman–Crippen LogP) is 1.19. The molecule has 1 heterocycles. The Bertz CT molecular complexity index is 442. The Labute approximate surface area is 111 Å². The number of aliphatic hydroxyl groups is 1. The van der Waals surface area contributed by atoms with E-state index in [0.29, 0.717) is 0 Å². The average molecular weight is 264 g/mol. The van der Waals surface area contributed by atoms with E-state index in [1.54, 1.807) is 0 Å². The van der Waals surface area contributed by atoms with Crippen molar-refractivity contribution < 1.29 is 24.1 Å². The quantitative estimate of drug-likeness (QED) is 0.656. The predicted molar refractivity (Wildman–Crippen MR) is 67.2 cm³/mol. The van der Waals surface area contributed by atoms with E-state index in [1.165, 1.54) is 19.3 Å². The molecule has 1 unspecified atom stereocenters. The molecule has 0 spiro atoms. The maximum Gasteiger partial charge on any atom is 0.330 e. The van der Waals surface area contributed by atoms with Crippen LogP contribution >= 0.6 is 0 Å². The fourth-order valence-electron chi connectivity index (χ4n) is 1.75. The highest BCUT2D eigenvalue weighted by atomic mass is 16.7. The number of hydrogen-bond donors (Lipinski definition) is 1. The Hall–Kier alpha value is -1.69. The minimum atomic E-state index is -0.805. The lowest BCUT2D eigenvalue weighted by Gasteiger charge is -2.32. The lowest BCUT2D eigenvalue weighted by Crippen LogP contribution is -2.39. The van der Waals surface area contributed by atoms with Gasteiger partial charge in [0.25, 0.3) is 0 Å². The largest absolute Gasteiger partial charge is 0.466 e. The molecule has 5 nitrogen and oxygen atoms in total. The summed E-state index contributed by atoms with van der Waals surface area (Å²) in [7, 11) is 1.29. The molecule has 1 aromatic carbocycles. The number of carbonyl (C=O) groups excluding carboxylic acids is 1. The van der Waals surface area contributed by atoms with E-state index < -0.39 is 24.5 Å². The van der Waals surface area contributed by atoms with E-state index in [1.807, 2.05) is 30.3 Å². The molecule has 0 saturated carbocycles. The second-order valence-corrected chi connectivity index (χ2v) is 4.13. The molecule has 0 amide bonds. The summed E-state index contributed by atoms with van der Waals surface area (Å²) in [6.45, 7) is 0.149. The number of ether oxygens (including phenoxy) is 3. The van der Waals surface area contributed by atoms with E-state index in [9.17, 15) is 9.90 Å². The van der Waals surface area contributed by atoms with Crippen LogP contribution in [0.2, 0.25) is 0 Å². The van der Waals surface area contributed by atoms with Gasteiger partial charge in [0.05, 0.1) is 13.7 Å². The van der Waals surface area contributed by atoms with Gasteiger partial charge in [0.15, 0.2) is 6.29 Å². The molecule has 1 fully saturated rings. The van der Waals surface area contributed by atoms with Gasteiger partial charge in [-0.05, 0) is 6.08 Å². The molecule has 0 bridgehead atoms.